The van der Waals surface area contributed by atoms with E-state index in [4.69, 9.17) is 9.84 Å². The second-order valence-corrected chi connectivity index (χ2v) is 5.19. The minimum Gasteiger partial charge on any atom is -0.481 e. The zero-order valence-corrected chi connectivity index (χ0v) is 9.46. The summed E-state index contributed by atoms with van der Waals surface area (Å²) in [7, 11) is 0. The van der Waals surface area contributed by atoms with E-state index in [1.807, 2.05) is 6.92 Å². The van der Waals surface area contributed by atoms with Crippen molar-refractivity contribution < 1.29 is 24.9 Å². The fraction of sp³-hybridized carbons (Fsp3) is 0.909. The molecule has 2 aliphatic rings. The molecule has 5 heteroatoms. The summed E-state index contributed by atoms with van der Waals surface area (Å²) in [6.07, 6.45) is -1.12. The van der Waals surface area contributed by atoms with Crippen LogP contribution in [0.15, 0.2) is 0 Å². The van der Waals surface area contributed by atoms with Crippen molar-refractivity contribution in [2.45, 2.75) is 32.7 Å². The van der Waals surface area contributed by atoms with Gasteiger partial charge in [-0.2, -0.15) is 0 Å². The first-order valence-corrected chi connectivity index (χ1v) is 5.59. The van der Waals surface area contributed by atoms with Gasteiger partial charge in [-0.25, -0.2) is 0 Å². The van der Waals surface area contributed by atoms with Gasteiger partial charge >= 0.3 is 5.97 Å². The fourth-order valence-corrected chi connectivity index (χ4v) is 3.21. The minimum absolute atomic E-state index is 0.0240. The van der Waals surface area contributed by atoms with Gasteiger partial charge in [0.15, 0.2) is 6.29 Å². The summed E-state index contributed by atoms with van der Waals surface area (Å²) < 4.78 is 5.15. The Labute approximate surface area is 94.0 Å². The summed E-state index contributed by atoms with van der Waals surface area (Å²) in [6, 6.07) is 0. The minimum atomic E-state index is -0.986. The van der Waals surface area contributed by atoms with Crippen molar-refractivity contribution in [3.63, 3.8) is 0 Å². The van der Waals surface area contributed by atoms with Crippen LogP contribution in [0.25, 0.3) is 0 Å². The molecule has 6 atom stereocenters. The van der Waals surface area contributed by atoms with E-state index in [0.29, 0.717) is 6.42 Å². The van der Waals surface area contributed by atoms with E-state index in [9.17, 15) is 15.0 Å². The number of hydrogen-bond donors (Lipinski definition) is 3. The largest absolute Gasteiger partial charge is 0.481 e. The maximum absolute atomic E-state index is 11.1. The van der Waals surface area contributed by atoms with E-state index < -0.39 is 29.7 Å². The smallest absolute Gasteiger partial charge is 0.309 e. The van der Waals surface area contributed by atoms with Crippen LogP contribution in [0.3, 0.4) is 0 Å². The lowest BCUT2D eigenvalue weighted by Gasteiger charge is -2.45. The molecule has 3 N–H and O–H groups in total. The zero-order chi connectivity index (χ0) is 12.1. The van der Waals surface area contributed by atoms with E-state index in [-0.39, 0.29) is 18.4 Å². The van der Waals surface area contributed by atoms with Crippen molar-refractivity contribution in [3.8, 4) is 0 Å². The van der Waals surface area contributed by atoms with Gasteiger partial charge in [-0.1, -0.05) is 13.8 Å². The molecule has 0 aromatic heterocycles. The molecule has 92 valence electrons. The third-order valence-electron chi connectivity index (χ3n) is 4.62. The van der Waals surface area contributed by atoms with E-state index in [1.165, 1.54) is 0 Å². The molecule has 1 heterocycles. The van der Waals surface area contributed by atoms with Crippen LogP contribution in [-0.2, 0) is 9.53 Å². The van der Waals surface area contributed by atoms with Crippen molar-refractivity contribution in [2.75, 3.05) is 6.61 Å². The number of carbonyl (C=O) groups is 1. The monoisotopic (exact) mass is 230 g/mol. The molecule has 2 rings (SSSR count). The Morgan fingerprint density at radius 1 is 1.44 bits per heavy atom. The van der Waals surface area contributed by atoms with Gasteiger partial charge < -0.3 is 20.1 Å². The highest BCUT2D eigenvalue weighted by Crippen LogP contribution is 2.55. The predicted octanol–water partition coefficient (Wildman–Crippen LogP) is 0.0590. The molecule has 0 bridgehead atoms. The molecular weight excluding hydrogens is 212 g/mol. The molecule has 1 aliphatic heterocycles. The normalized spacial score (nSPS) is 52.4. The average Bonchev–Trinajstić information content (AvgIpc) is 2.44. The molecule has 2 unspecified atom stereocenters. The first-order chi connectivity index (χ1) is 7.39. The van der Waals surface area contributed by atoms with Gasteiger partial charge in [0.2, 0.25) is 0 Å². The number of rotatable bonds is 1. The lowest BCUT2D eigenvalue weighted by atomic mass is 9.67. The van der Waals surface area contributed by atoms with E-state index in [2.05, 4.69) is 0 Å². The van der Waals surface area contributed by atoms with Gasteiger partial charge in [-0.15, -0.1) is 0 Å². The lowest BCUT2D eigenvalue weighted by molar-refractivity contribution is -0.243. The zero-order valence-electron chi connectivity index (χ0n) is 9.46. The first kappa shape index (κ1) is 11.8. The molecule has 0 radical (unpaired) electrons. The molecule has 0 aromatic rings. The standard InChI is InChI=1S/C11H18O5/c1-5-8(12)3-7-6(9(13)14)4-16-10(15)11(5,7)2/h5-8,10,12,15H,3-4H2,1-2H3,(H,13,14)/t5-,6?,7+,8-,10?,11+/m0/s1. The molecule has 0 aromatic carbocycles. The molecule has 1 saturated carbocycles. The van der Waals surface area contributed by atoms with E-state index >= 15 is 0 Å². The number of ether oxygens (including phenoxy) is 1. The third-order valence-corrected chi connectivity index (χ3v) is 4.62. The number of carboxylic acid groups (broad SMARTS) is 1. The molecule has 16 heavy (non-hydrogen) atoms. The second-order valence-electron chi connectivity index (χ2n) is 5.19. The molecular formula is C11H18O5. The number of aliphatic hydroxyl groups excluding tert-OH is 2. The number of carboxylic acids is 1. The van der Waals surface area contributed by atoms with Crippen molar-refractivity contribution >= 4 is 5.97 Å². The molecule has 2 fully saturated rings. The highest BCUT2D eigenvalue weighted by Gasteiger charge is 2.60. The SMILES string of the molecule is C[C@H]1[C@@H](O)C[C@@H]2C(C(=O)O)COC(O)[C@@]21C. The van der Waals surface area contributed by atoms with E-state index in [0.717, 1.165) is 0 Å². The van der Waals surface area contributed by atoms with Crippen molar-refractivity contribution in [3.05, 3.63) is 0 Å². The van der Waals surface area contributed by atoms with Crippen LogP contribution in [0.2, 0.25) is 0 Å². The Hall–Kier alpha value is -0.650. The summed E-state index contributed by atoms with van der Waals surface area (Å²) in [5.41, 5.74) is -0.666. The summed E-state index contributed by atoms with van der Waals surface area (Å²) in [5.74, 6) is -1.93. The Bertz CT molecular complexity index is 305. The van der Waals surface area contributed by atoms with Gasteiger partial charge in [0.25, 0.3) is 0 Å². The highest BCUT2D eigenvalue weighted by atomic mass is 16.6. The van der Waals surface area contributed by atoms with E-state index in [1.54, 1.807) is 6.92 Å². The van der Waals surface area contributed by atoms with Crippen molar-refractivity contribution in [2.24, 2.45) is 23.2 Å². The van der Waals surface area contributed by atoms with Gasteiger partial charge in [-0.05, 0) is 18.3 Å². The van der Waals surface area contributed by atoms with Gasteiger partial charge in [-0.3, -0.25) is 4.79 Å². The fourth-order valence-electron chi connectivity index (χ4n) is 3.21. The van der Waals surface area contributed by atoms with Crippen LogP contribution in [0.4, 0.5) is 0 Å². The molecule has 1 aliphatic carbocycles. The summed E-state index contributed by atoms with van der Waals surface area (Å²) in [5, 5.41) is 28.9. The predicted molar refractivity (Wildman–Crippen MR) is 54.5 cm³/mol. The van der Waals surface area contributed by atoms with Gasteiger partial charge in [0.1, 0.15) is 0 Å². The van der Waals surface area contributed by atoms with Crippen molar-refractivity contribution in [1.29, 1.82) is 0 Å². The summed E-state index contributed by atoms with van der Waals surface area (Å²) in [6.45, 7) is 3.66. The highest BCUT2D eigenvalue weighted by molar-refractivity contribution is 5.71. The molecule has 1 saturated heterocycles. The number of hydrogen-bond acceptors (Lipinski definition) is 4. The Morgan fingerprint density at radius 3 is 2.62 bits per heavy atom. The van der Waals surface area contributed by atoms with Crippen LogP contribution in [0.5, 0.6) is 0 Å². The number of aliphatic carboxylic acids is 1. The van der Waals surface area contributed by atoms with Crippen LogP contribution in [0, 0.1) is 23.2 Å². The van der Waals surface area contributed by atoms with Gasteiger partial charge in [0.05, 0.1) is 18.6 Å². The van der Waals surface area contributed by atoms with Gasteiger partial charge in [0, 0.05) is 5.41 Å². The lowest BCUT2D eigenvalue weighted by Crippen LogP contribution is -2.52. The molecule has 5 nitrogen and oxygen atoms in total. The average molecular weight is 230 g/mol. The maximum Gasteiger partial charge on any atom is 0.309 e. The Kier molecular flexibility index (Phi) is 2.72. The first-order valence-electron chi connectivity index (χ1n) is 5.59. The number of aliphatic hydroxyl groups is 2. The topological polar surface area (TPSA) is 87.0 Å². The van der Waals surface area contributed by atoms with Crippen LogP contribution in [0.1, 0.15) is 20.3 Å². The molecule has 0 spiro atoms. The Morgan fingerprint density at radius 2 is 2.06 bits per heavy atom. The second kappa shape index (κ2) is 3.68. The summed E-state index contributed by atoms with van der Waals surface area (Å²) >= 11 is 0. The summed E-state index contributed by atoms with van der Waals surface area (Å²) in [4.78, 5) is 11.1. The third kappa shape index (κ3) is 1.38. The molecule has 0 amide bonds. The van der Waals surface area contributed by atoms with Crippen LogP contribution in [-0.4, -0.2) is 40.3 Å². The Balaban J connectivity index is 2.34. The number of fused-ring (bicyclic) bond motifs is 1. The quantitative estimate of drug-likeness (QED) is 0.593. The maximum atomic E-state index is 11.1. The van der Waals surface area contributed by atoms with Crippen LogP contribution < -0.4 is 0 Å². The van der Waals surface area contributed by atoms with Crippen LogP contribution >= 0.6 is 0 Å². The van der Waals surface area contributed by atoms with Crippen molar-refractivity contribution in [1.82, 2.24) is 0 Å².